The molecule has 70 valence electrons. The lowest BCUT2D eigenvalue weighted by molar-refractivity contribution is -0.0502. The van der Waals surface area contributed by atoms with Gasteiger partial charge in [-0.1, -0.05) is 19.8 Å². The molecule has 12 heavy (non-hydrogen) atoms. The lowest BCUT2D eigenvalue weighted by Gasteiger charge is -2.55. The Bertz CT molecular complexity index is 151. The van der Waals surface area contributed by atoms with Crippen LogP contribution in [0.25, 0.3) is 0 Å². The average Bonchev–Trinajstić information content (AvgIpc) is 2.03. The van der Waals surface area contributed by atoms with Crippen LogP contribution in [0.1, 0.15) is 52.4 Å². The lowest BCUT2D eigenvalue weighted by atomic mass is 9.81. The van der Waals surface area contributed by atoms with Gasteiger partial charge in [0.2, 0.25) is 0 Å². The SMILES string of the molecule is CCCC1CCCC2CC(C)N12. The van der Waals surface area contributed by atoms with Gasteiger partial charge in [0.15, 0.2) is 0 Å². The molecule has 1 heteroatoms. The van der Waals surface area contributed by atoms with Crippen LogP contribution in [0.4, 0.5) is 0 Å². The molecule has 0 bridgehead atoms. The number of hydrogen-bond acceptors (Lipinski definition) is 1. The predicted molar refractivity (Wildman–Crippen MR) is 52.3 cm³/mol. The van der Waals surface area contributed by atoms with Crippen LogP contribution in [0, 0.1) is 0 Å². The highest BCUT2D eigenvalue weighted by atomic mass is 15.3. The Morgan fingerprint density at radius 3 is 2.83 bits per heavy atom. The molecule has 0 saturated carbocycles. The molecule has 2 aliphatic heterocycles. The van der Waals surface area contributed by atoms with Gasteiger partial charge in [-0.05, 0) is 32.6 Å². The maximum absolute atomic E-state index is 2.78. The van der Waals surface area contributed by atoms with Crippen molar-refractivity contribution in [3.63, 3.8) is 0 Å². The fourth-order valence-corrected chi connectivity index (χ4v) is 3.15. The van der Waals surface area contributed by atoms with Gasteiger partial charge in [0.25, 0.3) is 0 Å². The summed E-state index contributed by atoms with van der Waals surface area (Å²) < 4.78 is 0. The Hall–Kier alpha value is -0.0400. The quantitative estimate of drug-likeness (QED) is 0.611. The van der Waals surface area contributed by atoms with Crippen molar-refractivity contribution in [3.8, 4) is 0 Å². The number of fused-ring (bicyclic) bond motifs is 1. The van der Waals surface area contributed by atoms with E-state index < -0.39 is 0 Å². The maximum atomic E-state index is 2.78. The second-order valence-electron chi connectivity index (χ2n) is 4.56. The normalized spacial score (nSPS) is 42.0. The molecule has 2 saturated heterocycles. The third-order valence-corrected chi connectivity index (χ3v) is 3.66. The summed E-state index contributed by atoms with van der Waals surface area (Å²) in [6.07, 6.45) is 8.69. The van der Waals surface area contributed by atoms with Crippen molar-refractivity contribution in [1.82, 2.24) is 4.90 Å². The predicted octanol–water partition coefficient (Wildman–Crippen LogP) is 2.80. The summed E-state index contributed by atoms with van der Waals surface area (Å²) in [5.41, 5.74) is 0. The largest absolute Gasteiger partial charge is 0.295 e. The van der Waals surface area contributed by atoms with Gasteiger partial charge >= 0.3 is 0 Å². The molecule has 0 N–H and O–H groups in total. The molecule has 0 amide bonds. The summed E-state index contributed by atoms with van der Waals surface area (Å²) in [6, 6.07) is 2.81. The summed E-state index contributed by atoms with van der Waals surface area (Å²) in [5.74, 6) is 0. The second-order valence-corrected chi connectivity index (χ2v) is 4.56. The lowest BCUT2D eigenvalue weighted by Crippen LogP contribution is -2.60. The molecule has 0 radical (unpaired) electrons. The molecule has 0 aromatic heterocycles. The molecular weight excluding hydrogens is 146 g/mol. The van der Waals surface area contributed by atoms with Crippen LogP contribution in [0.2, 0.25) is 0 Å². The Morgan fingerprint density at radius 1 is 1.33 bits per heavy atom. The molecule has 0 aliphatic carbocycles. The number of rotatable bonds is 2. The molecular formula is C11H21N. The van der Waals surface area contributed by atoms with Crippen molar-refractivity contribution in [2.24, 2.45) is 0 Å². The van der Waals surface area contributed by atoms with E-state index in [-0.39, 0.29) is 0 Å². The Labute approximate surface area is 76.1 Å². The molecule has 1 nitrogen and oxygen atoms in total. The van der Waals surface area contributed by atoms with Gasteiger partial charge in [-0.3, -0.25) is 4.90 Å². The zero-order chi connectivity index (χ0) is 8.55. The number of piperidine rings is 1. The molecule has 3 unspecified atom stereocenters. The fraction of sp³-hybridized carbons (Fsp3) is 1.00. The Kier molecular flexibility index (Phi) is 2.40. The third-order valence-electron chi connectivity index (χ3n) is 3.66. The van der Waals surface area contributed by atoms with Crippen molar-refractivity contribution < 1.29 is 0 Å². The molecule has 2 aliphatic rings. The van der Waals surface area contributed by atoms with E-state index in [4.69, 9.17) is 0 Å². The van der Waals surface area contributed by atoms with Crippen molar-refractivity contribution in [1.29, 1.82) is 0 Å². The minimum Gasteiger partial charge on any atom is -0.295 e. The van der Waals surface area contributed by atoms with E-state index in [1.165, 1.54) is 38.5 Å². The highest BCUT2D eigenvalue weighted by molar-refractivity contribution is 4.96. The summed E-state index contributed by atoms with van der Waals surface area (Å²) >= 11 is 0. The third kappa shape index (κ3) is 1.28. The first kappa shape index (κ1) is 8.55. The summed E-state index contributed by atoms with van der Waals surface area (Å²) in [6.45, 7) is 4.71. The minimum absolute atomic E-state index is 0.895. The van der Waals surface area contributed by atoms with Crippen molar-refractivity contribution in [2.45, 2.75) is 70.5 Å². The van der Waals surface area contributed by atoms with E-state index in [0.717, 1.165) is 18.1 Å². The van der Waals surface area contributed by atoms with E-state index in [1.54, 1.807) is 0 Å². The van der Waals surface area contributed by atoms with Crippen LogP contribution in [0.5, 0.6) is 0 Å². The van der Waals surface area contributed by atoms with Gasteiger partial charge in [-0.25, -0.2) is 0 Å². The molecule has 2 fully saturated rings. The minimum atomic E-state index is 0.895. The summed E-state index contributed by atoms with van der Waals surface area (Å²) in [4.78, 5) is 2.78. The second kappa shape index (κ2) is 3.37. The van der Waals surface area contributed by atoms with Gasteiger partial charge in [0, 0.05) is 18.1 Å². The van der Waals surface area contributed by atoms with Gasteiger partial charge < -0.3 is 0 Å². The van der Waals surface area contributed by atoms with E-state index in [2.05, 4.69) is 18.7 Å². The van der Waals surface area contributed by atoms with E-state index in [9.17, 15) is 0 Å². The fourth-order valence-electron chi connectivity index (χ4n) is 3.15. The van der Waals surface area contributed by atoms with Gasteiger partial charge in [-0.2, -0.15) is 0 Å². The molecule has 0 aromatic carbocycles. The zero-order valence-corrected chi connectivity index (χ0v) is 8.42. The molecule has 0 aromatic rings. The molecule has 0 spiro atoms. The first-order valence-corrected chi connectivity index (χ1v) is 5.60. The smallest absolute Gasteiger partial charge is 0.0116 e. The first-order chi connectivity index (χ1) is 5.83. The van der Waals surface area contributed by atoms with Crippen LogP contribution >= 0.6 is 0 Å². The summed E-state index contributed by atoms with van der Waals surface area (Å²) in [5, 5.41) is 0. The monoisotopic (exact) mass is 167 g/mol. The maximum Gasteiger partial charge on any atom is 0.0116 e. The van der Waals surface area contributed by atoms with Gasteiger partial charge in [0.05, 0.1) is 0 Å². The van der Waals surface area contributed by atoms with Gasteiger partial charge in [-0.15, -0.1) is 0 Å². The highest BCUT2D eigenvalue weighted by Crippen LogP contribution is 2.38. The molecule has 2 heterocycles. The highest BCUT2D eigenvalue weighted by Gasteiger charge is 2.41. The van der Waals surface area contributed by atoms with Gasteiger partial charge in [0.1, 0.15) is 0 Å². The van der Waals surface area contributed by atoms with E-state index in [1.807, 2.05) is 0 Å². The topological polar surface area (TPSA) is 3.24 Å². The summed E-state index contributed by atoms with van der Waals surface area (Å²) in [7, 11) is 0. The number of nitrogens with zero attached hydrogens (tertiary/aromatic N) is 1. The Balaban J connectivity index is 1.93. The van der Waals surface area contributed by atoms with E-state index in [0.29, 0.717) is 0 Å². The van der Waals surface area contributed by atoms with Crippen molar-refractivity contribution >= 4 is 0 Å². The molecule has 3 atom stereocenters. The molecule has 2 rings (SSSR count). The van der Waals surface area contributed by atoms with Crippen LogP contribution in [0.3, 0.4) is 0 Å². The van der Waals surface area contributed by atoms with Crippen LogP contribution in [0.15, 0.2) is 0 Å². The van der Waals surface area contributed by atoms with E-state index >= 15 is 0 Å². The average molecular weight is 167 g/mol. The van der Waals surface area contributed by atoms with Crippen LogP contribution in [-0.4, -0.2) is 23.0 Å². The first-order valence-electron chi connectivity index (χ1n) is 5.60. The zero-order valence-electron chi connectivity index (χ0n) is 8.42. The Morgan fingerprint density at radius 2 is 2.17 bits per heavy atom. The standard InChI is InChI=1S/C11H21N/c1-3-5-10-6-4-7-11-8-9(2)12(10)11/h9-11H,3-8H2,1-2H3. The van der Waals surface area contributed by atoms with Crippen molar-refractivity contribution in [2.75, 3.05) is 0 Å². The number of hydrogen-bond donors (Lipinski definition) is 0. The van der Waals surface area contributed by atoms with Crippen LogP contribution < -0.4 is 0 Å². The van der Waals surface area contributed by atoms with Crippen LogP contribution in [-0.2, 0) is 0 Å². The van der Waals surface area contributed by atoms with Crippen molar-refractivity contribution in [3.05, 3.63) is 0 Å².